The fourth-order valence-corrected chi connectivity index (χ4v) is 2.36. The molecule has 2 aromatic heterocycles. The zero-order chi connectivity index (χ0) is 17.6. The van der Waals surface area contributed by atoms with Gasteiger partial charge in [-0.3, -0.25) is 4.79 Å². The van der Waals surface area contributed by atoms with E-state index in [0.29, 0.717) is 30.2 Å². The van der Waals surface area contributed by atoms with Gasteiger partial charge in [0.25, 0.3) is 5.91 Å². The molecule has 0 aliphatic rings. The summed E-state index contributed by atoms with van der Waals surface area (Å²) in [4.78, 5) is 20.1. The minimum absolute atomic E-state index is 0.178. The fourth-order valence-electron chi connectivity index (χ4n) is 2.20. The topological polar surface area (TPSA) is 106 Å². The van der Waals surface area contributed by atoms with Gasteiger partial charge >= 0.3 is 0 Å². The Morgan fingerprint density at radius 3 is 2.88 bits per heavy atom. The van der Waals surface area contributed by atoms with Gasteiger partial charge in [0, 0.05) is 12.1 Å². The first-order valence-electron chi connectivity index (χ1n) is 7.53. The predicted molar refractivity (Wildman–Crippen MR) is 95.1 cm³/mol. The van der Waals surface area contributed by atoms with E-state index in [-0.39, 0.29) is 16.7 Å². The Hall–Kier alpha value is -3.06. The van der Waals surface area contributed by atoms with Crippen LogP contribution in [0.3, 0.4) is 0 Å². The molecule has 1 amide bonds. The number of halogens is 1. The first-order valence-corrected chi connectivity index (χ1v) is 7.90. The standard InChI is InChI=1S/C17H16ClN5O2/c18-14-15(19)22-10-23-16(14)20-8-11-3-1-4-12(7-11)17(24)21-9-13-5-2-6-25-13/h1-7,10H,8-9H2,(H,21,24)(H3,19,20,22,23). The highest BCUT2D eigenvalue weighted by atomic mass is 35.5. The smallest absolute Gasteiger partial charge is 0.251 e. The van der Waals surface area contributed by atoms with E-state index in [1.54, 1.807) is 30.5 Å². The Balaban J connectivity index is 1.62. The maximum Gasteiger partial charge on any atom is 0.251 e. The van der Waals surface area contributed by atoms with E-state index in [9.17, 15) is 4.79 Å². The van der Waals surface area contributed by atoms with Gasteiger partial charge in [0.05, 0.1) is 12.8 Å². The van der Waals surface area contributed by atoms with E-state index in [2.05, 4.69) is 20.6 Å². The third-order valence-corrected chi connectivity index (χ3v) is 3.84. The highest BCUT2D eigenvalue weighted by Gasteiger charge is 2.09. The van der Waals surface area contributed by atoms with E-state index < -0.39 is 0 Å². The average Bonchev–Trinajstić information content (AvgIpc) is 3.15. The molecule has 0 atom stereocenters. The largest absolute Gasteiger partial charge is 0.467 e. The van der Waals surface area contributed by atoms with Gasteiger partial charge in [-0.05, 0) is 29.8 Å². The van der Waals surface area contributed by atoms with Gasteiger partial charge in [-0.25, -0.2) is 9.97 Å². The molecule has 3 aromatic rings. The second-order valence-corrected chi connectivity index (χ2v) is 5.62. The van der Waals surface area contributed by atoms with E-state index in [1.165, 1.54) is 6.33 Å². The summed E-state index contributed by atoms with van der Waals surface area (Å²) in [5.41, 5.74) is 7.10. The number of furan rings is 1. The SMILES string of the molecule is Nc1ncnc(NCc2cccc(C(=O)NCc3ccco3)c2)c1Cl. The van der Waals surface area contributed by atoms with Crippen LogP contribution < -0.4 is 16.4 Å². The number of anilines is 2. The number of nitrogens with zero attached hydrogens (tertiary/aromatic N) is 2. The summed E-state index contributed by atoms with van der Waals surface area (Å²) >= 11 is 6.05. The third kappa shape index (κ3) is 4.27. The van der Waals surface area contributed by atoms with Gasteiger partial charge in [-0.2, -0.15) is 0 Å². The molecule has 128 valence electrons. The number of benzene rings is 1. The monoisotopic (exact) mass is 357 g/mol. The molecule has 3 rings (SSSR count). The van der Waals surface area contributed by atoms with Crippen LogP contribution in [0, 0.1) is 0 Å². The van der Waals surface area contributed by atoms with Crippen LogP contribution >= 0.6 is 11.6 Å². The summed E-state index contributed by atoms with van der Waals surface area (Å²) in [6, 6.07) is 10.8. The van der Waals surface area contributed by atoms with Crippen LogP contribution in [0.15, 0.2) is 53.4 Å². The van der Waals surface area contributed by atoms with Crippen molar-refractivity contribution in [3.05, 3.63) is 70.9 Å². The molecule has 4 N–H and O–H groups in total. The van der Waals surface area contributed by atoms with Gasteiger partial charge in [-0.15, -0.1) is 0 Å². The summed E-state index contributed by atoms with van der Waals surface area (Å²) < 4.78 is 5.19. The number of carbonyl (C=O) groups is 1. The van der Waals surface area contributed by atoms with E-state index >= 15 is 0 Å². The molecule has 0 bridgehead atoms. The van der Waals surface area contributed by atoms with Crippen molar-refractivity contribution in [3.8, 4) is 0 Å². The normalized spacial score (nSPS) is 10.4. The van der Waals surface area contributed by atoms with Crippen LogP contribution in [0.2, 0.25) is 5.02 Å². The molecule has 0 radical (unpaired) electrons. The van der Waals surface area contributed by atoms with Crippen LogP contribution in [0.25, 0.3) is 0 Å². The minimum Gasteiger partial charge on any atom is -0.467 e. The third-order valence-electron chi connectivity index (χ3n) is 3.47. The zero-order valence-corrected chi connectivity index (χ0v) is 14.0. The molecule has 0 unspecified atom stereocenters. The van der Waals surface area contributed by atoms with E-state index in [1.807, 2.05) is 12.1 Å². The number of amides is 1. The highest BCUT2D eigenvalue weighted by molar-refractivity contribution is 6.35. The molecule has 7 nitrogen and oxygen atoms in total. The Morgan fingerprint density at radius 1 is 1.20 bits per heavy atom. The fraction of sp³-hybridized carbons (Fsp3) is 0.118. The molecule has 25 heavy (non-hydrogen) atoms. The molecule has 1 aromatic carbocycles. The van der Waals surface area contributed by atoms with Crippen LogP contribution in [0.4, 0.5) is 11.6 Å². The Kier molecular flexibility index (Phi) is 5.15. The van der Waals surface area contributed by atoms with Crippen molar-refractivity contribution in [2.75, 3.05) is 11.1 Å². The molecule has 8 heteroatoms. The summed E-state index contributed by atoms with van der Waals surface area (Å²) in [6.07, 6.45) is 2.90. The zero-order valence-electron chi connectivity index (χ0n) is 13.2. The molecule has 0 aliphatic carbocycles. The number of aromatic nitrogens is 2. The van der Waals surface area contributed by atoms with Crippen LogP contribution in [0.1, 0.15) is 21.7 Å². The predicted octanol–water partition coefficient (Wildman–Crippen LogP) is 2.85. The lowest BCUT2D eigenvalue weighted by Crippen LogP contribution is -2.22. The van der Waals surface area contributed by atoms with Crippen LogP contribution in [-0.2, 0) is 13.1 Å². The van der Waals surface area contributed by atoms with Crippen molar-refractivity contribution in [1.29, 1.82) is 0 Å². The Labute approximate surface area is 149 Å². The highest BCUT2D eigenvalue weighted by Crippen LogP contribution is 2.23. The summed E-state index contributed by atoms with van der Waals surface area (Å²) in [5.74, 6) is 1.18. The lowest BCUT2D eigenvalue weighted by Gasteiger charge is -2.09. The Morgan fingerprint density at radius 2 is 2.08 bits per heavy atom. The van der Waals surface area contributed by atoms with Crippen molar-refractivity contribution in [3.63, 3.8) is 0 Å². The van der Waals surface area contributed by atoms with Gasteiger partial charge in [0.15, 0.2) is 5.82 Å². The maximum absolute atomic E-state index is 12.2. The van der Waals surface area contributed by atoms with Gasteiger partial charge in [0.1, 0.15) is 22.9 Å². The van der Waals surface area contributed by atoms with Crippen molar-refractivity contribution in [1.82, 2.24) is 15.3 Å². The summed E-state index contributed by atoms with van der Waals surface area (Å²) in [7, 11) is 0. The maximum atomic E-state index is 12.2. The van der Waals surface area contributed by atoms with Gasteiger partial charge in [0.2, 0.25) is 0 Å². The molecule has 0 saturated carbocycles. The van der Waals surface area contributed by atoms with Gasteiger partial charge < -0.3 is 20.8 Å². The number of rotatable bonds is 6. The number of nitrogen functional groups attached to an aromatic ring is 1. The van der Waals surface area contributed by atoms with E-state index in [4.69, 9.17) is 21.8 Å². The second kappa shape index (κ2) is 7.67. The van der Waals surface area contributed by atoms with Gasteiger partial charge in [-0.1, -0.05) is 23.7 Å². The van der Waals surface area contributed by atoms with Crippen molar-refractivity contribution >= 4 is 29.1 Å². The lowest BCUT2D eigenvalue weighted by molar-refractivity contribution is 0.0948. The molecule has 0 saturated heterocycles. The summed E-state index contributed by atoms with van der Waals surface area (Å²) in [6.45, 7) is 0.777. The molecule has 2 heterocycles. The number of hydrogen-bond donors (Lipinski definition) is 3. The lowest BCUT2D eigenvalue weighted by atomic mass is 10.1. The van der Waals surface area contributed by atoms with Crippen molar-refractivity contribution < 1.29 is 9.21 Å². The summed E-state index contributed by atoms with van der Waals surface area (Å²) in [5, 5.41) is 6.16. The number of nitrogens with one attached hydrogen (secondary N) is 2. The first kappa shape index (κ1) is 16.8. The Bertz CT molecular complexity index is 867. The minimum atomic E-state index is -0.178. The second-order valence-electron chi connectivity index (χ2n) is 5.24. The number of carbonyl (C=O) groups excluding carboxylic acids is 1. The molecular formula is C17H16ClN5O2. The van der Waals surface area contributed by atoms with Crippen LogP contribution in [0.5, 0.6) is 0 Å². The van der Waals surface area contributed by atoms with Crippen molar-refractivity contribution in [2.45, 2.75) is 13.1 Å². The molecule has 0 fully saturated rings. The molecule has 0 aliphatic heterocycles. The number of hydrogen-bond acceptors (Lipinski definition) is 6. The van der Waals surface area contributed by atoms with Crippen LogP contribution in [-0.4, -0.2) is 15.9 Å². The molecular weight excluding hydrogens is 342 g/mol. The van der Waals surface area contributed by atoms with E-state index in [0.717, 1.165) is 5.56 Å². The van der Waals surface area contributed by atoms with Crippen molar-refractivity contribution in [2.24, 2.45) is 0 Å². The first-order chi connectivity index (χ1) is 12.1. The quantitative estimate of drug-likeness (QED) is 0.626. The average molecular weight is 358 g/mol. The number of nitrogens with two attached hydrogens (primary N) is 1. The molecule has 0 spiro atoms.